The minimum absolute atomic E-state index is 0.176. The number of aromatic nitrogens is 2. The van der Waals surface area contributed by atoms with Gasteiger partial charge in [0, 0.05) is 6.54 Å². The summed E-state index contributed by atoms with van der Waals surface area (Å²) in [5.41, 5.74) is 7.25. The zero-order chi connectivity index (χ0) is 12.3. The summed E-state index contributed by atoms with van der Waals surface area (Å²) in [5.74, 6) is 2.82. The van der Waals surface area contributed by atoms with Crippen LogP contribution in [0.1, 0.15) is 29.0 Å². The van der Waals surface area contributed by atoms with Gasteiger partial charge in [0.25, 0.3) is 5.91 Å². The molecule has 1 aromatic rings. The smallest absolute Gasteiger partial charge is 0.273 e. The SMILES string of the molecule is Cc1[nH]nc(C(=O)NCC2CCSCC2)c1N. The molecular weight excluding hydrogens is 236 g/mol. The summed E-state index contributed by atoms with van der Waals surface area (Å²) in [4.78, 5) is 11.8. The Morgan fingerprint density at radius 2 is 2.29 bits per heavy atom. The number of nitrogens with two attached hydrogens (primary N) is 1. The number of rotatable bonds is 3. The standard InChI is InChI=1S/C11H18N4OS/c1-7-9(12)10(15-14-7)11(16)13-6-8-2-4-17-5-3-8/h8H,2-6,12H2,1H3,(H,13,16)(H,14,15). The number of hydrogen-bond donors (Lipinski definition) is 3. The van der Waals surface area contributed by atoms with E-state index in [1.807, 2.05) is 11.8 Å². The van der Waals surface area contributed by atoms with Crippen molar-refractivity contribution >= 4 is 23.4 Å². The zero-order valence-electron chi connectivity index (χ0n) is 9.95. The van der Waals surface area contributed by atoms with Crippen LogP contribution in [0.15, 0.2) is 0 Å². The van der Waals surface area contributed by atoms with Crippen LogP contribution in [-0.4, -0.2) is 34.2 Å². The Kier molecular flexibility index (Phi) is 3.93. The number of nitrogens with zero attached hydrogens (tertiary/aromatic N) is 1. The lowest BCUT2D eigenvalue weighted by Gasteiger charge is -2.21. The maximum Gasteiger partial charge on any atom is 0.273 e. The second-order valence-electron chi connectivity index (χ2n) is 4.38. The summed E-state index contributed by atoms with van der Waals surface area (Å²) < 4.78 is 0. The minimum Gasteiger partial charge on any atom is -0.395 e. The van der Waals surface area contributed by atoms with E-state index in [0.29, 0.717) is 17.3 Å². The fourth-order valence-corrected chi connectivity index (χ4v) is 3.09. The molecule has 1 aliphatic heterocycles. The molecule has 2 rings (SSSR count). The third-order valence-corrected chi connectivity index (χ3v) is 4.15. The van der Waals surface area contributed by atoms with Gasteiger partial charge in [-0.25, -0.2) is 0 Å². The molecule has 17 heavy (non-hydrogen) atoms. The van der Waals surface area contributed by atoms with E-state index in [4.69, 9.17) is 5.73 Å². The largest absolute Gasteiger partial charge is 0.395 e. The Hall–Kier alpha value is -1.17. The molecule has 0 aromatic carbocycles. The van der Waals surface area contributed by atoms with Crippen molar-refractivity contribution in [1.29, 1.82) is 0 Å². The number of thioether (sulfide) groups is 1. The minimum atomic E-state index is -0.176. The number of nitrogen functional groups attached to an aromatic ring is 1. The van der Waals surface area contributed by atoms with E-state index >= 15 is 0 Å². The molecule has 0 radical (unpaired) electrons. The first kappa shape index (κ1) is 12.3. The Labute approximate surface area is 105 Å². The van der Waals surface area contributed by atoms with Crippen LogP contribution >= 0.6 is 11.8 Å². The molecule has 94 valence electrons. The molecule has 4 N–H and O–H groups in total. The fourth-order valence-electron chi connectivity index (χ4n) is 1.88. The predicted molar refractivity (Wildman–Crippen MR) is 70.1 cm³/mol. The van der Waals surface area contributed by atoms with Crippen LogP contribution in [0.2, 0.25) is 0 Å². The monoisotopic (exact) mass is 254 g/mol. The molecule has 0 aliphatic carbocycles. The third-order valence-electron chi connectivity index (χ3n) is 3.10. The van der Waals surface area contributed by atoms with Gasteiger partial charge in [0.2, 0.25) is 0 Å². The number of hydrogen-bond acceptors (Lipinski definition) is 4. The molecule has 0 saturated carbocycles. The number of aryl methyl sites for hydroxylation is 1. The van der Waals surface area contributed by atoms with Crippen LogP contribution in [0.4, 0.5) is 5.69 Å². The Morgan fingerprint density at radius 3 is 2.88 bits per heavy atom. The maximum atomic E-state index is 11.8. The summed E-state index contributed by atoms with van der Waals surface area (Å²) in [6, 6.07) is 0. The van der Waals surface area contributed by atoms with E-state index in [0.717, 1.165) is 12.2 Å². The van der Waals surface area contributed by atoms with Gasteiger partial charge in [-0.05, 0) is 37.2 Å². The van der Waals surface area contributed by atoms with E-state index in [1.54, 1.807) is 6.92 Å². The van der Waals surface area contributed by atoms with Gasteiger partial charge in [-0.2, -0.15) is 16.9 Å². The highest BCUT2D eigenvalue weighted by atomic mass is 32.2. The molecular formula is C11H18N4OS. The van der Waals surface area contributed by atoms with Gasteiger partial charge in [0.05, 0.1) is 11.4 Å². The van der Waals surface area contributed by atoms with Crippen molar-refractivity contribution in [2.24, 2.45) is 5.92 Å². The van der Waals surface area contributed by atoms with Crippen LogP contribution < -0.4 is 11.1 Å². The fraction of sp³-hybridized carbons (Fsp3) is 0.636. The van der Waals surface area contributed by atoms with Crippen LogP contribution in [0.5, 0.6) is 0 Å². The van der Waals surface area contributed by atoms with Crippen molar-refractivity contribution in [3.63, 3.8) is 0 Å². The lowest BCUT2D eigenvalue weighted by molar-refractivity contribution is 0.0942. The van der Waals surface area contributed by atoms with Gasteiger partial charge in [-0.1, -0.05) is 0 Å². The third kappa shape index (κ3) is 2.94. The van der Waals surface area contributed by atoms with E-state index in [1.165, 1.54) is 24.3 Å². The first-order chi connectivity index (χ1) is 8.18. The number of H-pyrrole nitrogens is 1. The first-order valence-corrected chi connectivity index (χ1v) is 7.00. The average molecular weight is 254 g/mol. The van der Waals surface area contributed by atoms with Gasteiger partial charge in [-0.3, -0.25) is 9.89 Å². The number of aromatic amines is 1. The van der Waals surface area contributed by atoms with Crippen molar-refractivity contribution in [1.82, 2.24) is 15.5 Å². The van der Waals surface area contributed by atoms with Gasteiger partial charge in [0.15, 0.2) is 5.69 Å². The highest BCUT2D eigenvalue weighted by Crippen LogP contribution is 2.22. The van der Waals surface area contributed by atoms with Crippen molar-refractivity contribution in [2.75, 3.05) is 23.8 Å². The molecule has 1 saturated heterocycles. The van der Waals surface area contributed by atoms with Crippen molar-refractivity contribution in [2.45, 2.75) is 19.8 Å². The van der Waals surface area contributed by atoms with Crippen molar-refractivity contribution < 1.29 is 4.79 Å². The van der Waals surface area contributed by atoms with Gasteiger partial charge in [-0.15, -0.1) is 0 Å². The number of carbonyl (C=O) groups excluding carboxylic acids is 1. The summed E-state index contributed by atoms with van der Waals surface area (Å²) in [5, 5.41) is 9.54. The molecule has 0 bridgehead atoms. The average Bonchev–Trinajstić information content (AvgIpc) is 2.69. The molecule has 1 aromatic heterocycles. The molecule has 6 heteroatoms. The number of anilines is 1. The number of nitrogens with one attached hydrogen (secondary N) is 2. The van der Waals surface area contributed by atoms with E-state index in [-0.39, 0.29) is 5.91 Å². The molecule has 1 amide bonds. The normalized spacial score (nSPS) is 17.0. The van der Waals surface area contributed by atoms with E-state index in [9.17, 15) is 4.79 Å². The number of amides is 1. The molecule has 0 atom stereocenters. The Balaban J connectivity index is 1.86. The lowest BCUT2D eigenvalue weighted by atomic mass is 10.0. The second kappa shape index (κ2) is 5.44. The van der Waals surface area contributed by atoms with E-state index in [2.05, 4.69) is 15.5 Å². The second-order valence-corrected chi connectivity index (χ2v) is 5.60. The van der Waals surface area contributed by atoms with Gasteiger partial charge in [0.1, 0.15) is 0 Å². The van der Waals surface area contributed by atoms with Gasteiger partial charge >= 0.3 is 0 Å². The quantitative estimate of drug-likeness (QED) is 0.756. The molecule has 2 heterocycles. The summed E-state index contributed by atoms with van der Waals surface area (Å²) in [7, 11) is 0. The summed E-state index contributed by atoms with van der Waals surface area (Å²) >= 11 is 1.99. The molecule has 1 aliphatic rings. The van der Waals surface area contributed by atoms with E-state index < -0.39 is 0 Å². The lowest BCUT2D eigenvalue weighted by Crippen LogP contribution is -2.31. The number of carbonyl (C=O) groups is 1. The topological polar surface area (TPSA) is 83.8 Å². The zero-order valence-corrected chi connectivity index (χ0v) is 10.8. The van der Waals surface area contributed by atoms with Crippen molar-refractivity contribution in [3.8, 4) is 0 Å². The Bertz CT molecular complexity index is 398. The highest BCUT2D eigenvalue weighted by molar-refractivity contribution is 7.99. The highest BCUT2D eigenvalue weighted by Gasteiger charge is 2.18. The molecule has 0 spiro atoms. The van der Waals surface area contributed by atoms with Crippen LogP contribution in [0.25, 0.3) is 0 Å². The molecule has 0 unspecified atom stereocenters. The van der Waals surface area contributed by atoms with Crippen LogP contribution in [0, 0.1) is 12.8 Å². The van der Waals surface area contributed by atoms with Gasteiger partial charge < -0.3 is 11.1 Å². The molecule has 1 fully saturated rings. The first-order valence-electron chi connectivity index (χ1n) is 5.85. The predicted octanol–water partition coefficient (Wildman–Crippen LogP) is 1.17. The summed E-state index contributed by atoms with van der Waals surface area (Å²) in [6.45, 7) is 2.53. The molecule has 5 nitrogen and oxygen atoms in total. The van der Waals surface area contributed by atoms with Crippen LogP contribution in [0.3, 0.4) is 0 Å². The van der Waals surface area contributed by atoms with Crippen molar-refractivity contribution in [3.05, 3.63) is 11.4 Å². The van der Waals surface area contributed by atoms with Crippen LogP contribution in [-0.2, 0) is 0 Å². The summed E-state index contributed by atoms with van der Waals surface area (Å²) in [6.07, 6.45) is 2.36. The Morgan fingerprint density at radius 1 is 1.59 bits per heavy atom. The maximum absolute atomic E-state index is 11.8.